The number of fused-ring (bicyclic) bond motifs is 1. The number of nitrogens with one attached hydrogen (secondary N) is 1. The monoisotopic (exact) mass is 358 g/mol. The summed E-state index contributed by atoms with van der Waals surface area (Å²) in [6.45, 7) is 0. The lowest BCUT2D eigenvalue weighted by Crippen LogP contribution is -2.13. The standard InChI is InChI=1S/C17H14N2O5S/c18-11-7-5-10(6-8-11)17(21)19-14-9-15(25(22,23)24)16(20)13-4-2-1-3-12(13)14/h1-9,20H,18H2,(H,19,21)(H,22,23,24). The summed E-state index contributed by atoms with van der Waals surface area (Å²) < 4.78 is 32.3. The van der Waals surface area contributed by atoms with Crippen molar-refractivity contribution >= 4 is 38.2 Å². The number of benzene rings is 3. The predicted molar refractivity (Wildman–Crippen MR) is 94.2 cm³/mol. The third-order valence-electron chi connectivity index (χ3n) is 3.68. The number of amides is 1. The first kappa shape index (κ1) is 16.7. The van der Waals surface area contributed by atoms with Crippen LogP contribution in [-0.2, 0) is 10.1 Å². The molecule has 0 unspecified atom stereocenters. The molecule has 3 aromatic rings. The fourth-order valence-electron chi connectivity index (χ4n) is 2.46. The summed E-state index contributed by atoms with van der Waals surface area (Å²) in [5.74, 6) is -1.07. The van der Waals surface area contributed by atoms with Gasteiger partial charge in [-0.2, -0.15) is 8.42 Å². The topological polar surface area (TPSA) is 130 Å². The summed E-state index contributed by atoms with van der Waals surface area (Å²) >= 11 is 0. The first-order valence-electron chi connectivity index (χ1n) is 7.16. The van der Waals surface area contributed by atoms with Crippen molar-refractivity contribution in [3.8, 4) is 5.75 Å². The highest BCUT2D eigenvalue weighted by molar-refractivity contribution is 7.86. The normalized spacial score (nSPS) is 11.4. The third-order valence-corrected chi connectivity index (χ3v) is 4.55. The van der Waals surface area contributed by atoms with Crippen molar-refractivity contribution in [2.75, 3.05) is 11.1 Å². The Balaban J connectivity index is 2.13. The smallest absolute Gasteiger partial charge is 0.298 e. The van der Waals surface area contributed by atoms with Gasteiger partial charge in [-0.1, -0.05) is 24.3 Å². The molecular weight excluding hydrogens is 344 g/mol. The quantitative estimate of drug-likeness (QED) is 0.323. The molecule has 8 heteroatoms. The van der Waals surface area contributed by atoms with Crippen LogP contribution in [-0.4, -0.2) is 24.0 Å². The van der Waals surface area contributed by atoms with E-state index in [1.54, 1.807) is 30.3 Å². The second kappa shape index (κ2) is 6.08. The van der Waals surface area contributed by atoms with E-state index in [0.717, 1.165) is 6.07 Å². The number of anilines is 2. The molecule has 0 aliphatic rings. The molecule has 7 nitrogen and oxygen atoms in total. The summed E-state index contributed by atoms with van der Waals surface area (Å²) in [5, 5.41) is 13.3. The van der Waals surface area contributed by atoms with Crippen molar-refractivity contribution in [1.82, 2.24) is 0 Å². The molecule has 0 saturated carbocycles. The largest absolute Gasteiger partial charge is 0.506 e. The van der Waals surface area contributed by atoms with Gasteiger partial charge in [0.25, 0.3) is 16.0 Å². The van der Waals surface area contributed by atoms with Gasteiger partial charge in [-0.05, 0) is 30.3 Å². The van der Waals surface area contributed by atoms with Gasteiger partial charge in [-0.25, -0.2) is 0 Å². The Bertz CT molecular complexity index is 1080. The lowest BCUT2D eigenvalue weighted by Gasteiger charge is -2.13. The van der Waals surface area contributed by atoms with E-state index in [-0.39, 0.29) is 11.1 Å². The van der Waals surface area contributed by atoms with Gasteiger partial charge in [0.1, 0.15) is 10.6 Å². The molecule has 3 rings (SSSR count). The summed E-state index contributed by atoms with van der Waals surface area (Å²) in [6.07, 6.45) is 0. The van der Waals surface area contributed by atoms with E-state index in [1.807, 2.05) is 0 Å². The molecule has 0 aliphatic carbocycles. The van der Waals surface area contributed by atoms with Crippen LogP contribution in [0.5, 0.6) is 5.75 Å². The molecule has 25 heavy (non-hydrogen) atoms. The molecule has 1 amide bonds. The number of hydrogen-bond acceptors (Lipinski definition) is 5. The van der Waals surface area contributed by atoms with Crippen molar-refractivity contribution in [3.05, 3.63) is 60.2 Å². The predicted octanol–water partition coefficient (Wildman–Crippen LogP) is 2.63. The van der Waals surface area contributed by atoms with Crippen molar-refractivity contribution in [3.63, 3.8) is 0 Å². The van der Waals surface area contributed by atoms with Crippen LogP contribution in [0.15, 0.2) is 59.5 Å². The van der Waals surface area contributed by atoms with Gasteiger partial charge in [0.15, 0.2) is 0 Å². The van der Waals surface area contributed by atoms with E-state index in [0.29, 0.717) is 16.6 Å². The maximum absolute atomic E-state index is 12.4. The highest BCUT2D eigenvalue weighted by atomic mass is 32.2. The van der Waals surface area contributed by atoms with Crippen molar-refractivity contribution in [1.29, 1.82) is 0 Å². The Morgan fingerprint density at radius 3 is 2.20 bits per heavy atom. The maximum atomic E-state index is 12.4. The molecule has 0 spiro atoms. The average Bonchev–Trinajstić information content (AvgIpc) is 2.57. The lowest BCUT2D eigenvalue weighted by atomic mass is 10.1. The number of nitrogens with two attached hydrogens (primary N) is 1. The van der Waals surface area contributed by atoms with Gasteiger partial charge in [0.2, 0.25) is 0 Å². The van der Waals surface area contributed by atoms with Crippen LogP contribution in [0.1, 0.15) is 10.4 Å². The van der Waals surface area contributed by atoms with E-state index < -0.39 is 26.7 Å². The molecule has 0 aromatic heterocycles. The average molecular weight is 358 g/mol. The van der Waals surface area contributed by atoms with Crippen LogP contribution < -0.4 is 11.1 Å². The van der Waals surface area contributed by atoms with Crippen LogP contribution in [0.3, 0.4) is 0 Å². The zero-order chi connectivity index (χ0) is 18.2. The van der Waals surface area contributed by atoms with Gasteiger partial charge in [0, 0.05) is 22.0 Å². The molecule has 3 aromatic carbocycles. The van der Waals surface area contributed by atoms with E-state index in [4.69, 9.17) is 5.73 Å². The Hall–Kier alpha value is -3.10. The molecule has 0 aliphatic heterocycles. The summed E-state index contributed by atoms with van der Waals surface area (Å²) in [6, 6.07) is 13.6. The number of phenolic OH excluding ortho intramolecular Hbond substituents is 1. The van der Waals surface area contributed by atoms with Crippen LogP contribution in [0.25, 0.3) is 10.8 Å². The van der Waals surface area contributed by atoms with Crippen molar-refractivity contribution in [2.45, 2.75) is 4.90 Å². The number of nitrogen functional groups attached to an aromatic ring is 1. The minimum absolute atomic E-state index is 0.142. The highest BCUT2D eigenvalue weighted by Gasteiger charge is 2.21. The van der Waals surface area contributed by atoms with E-state index in [1.165, 1.54) is 18.2 Å². The van der Waals surface area contributed by atoms with Gasteiger partial charge < -0.3 is 16.2 Å². The number of hydrogen-bond donors (Lipinski definition) is 4. The Kier molecular flexibility index (Phi) is 4.07. The molecule has 0 radical (unpaired) electrons. The highest BCUT2D eigenvalue weighted by Crippen LogP contribution is 2.37. The molecule has 0 saturated heterocycles. The number of phenols is 1. The van der Waals surface area contributed by atoms with Gasteiger partial charge in [-0.3, -0.25) is 9.35 Å². The summed E-state index contributed by atoms with van der Waals surface area (Å²) in [5.41, 5.74) is 6.55. The van der Waals surface area contributed by atoms with Crippen LogP contribution >= 0.6 is 0 Å². The molecule has 128 valence electrons. The molecule has 0 bridgehead atoms. The minimum atomic E-state index is -4.67. The molecule has 0 atom stereocenters. The second-order valence-corrected chi connectivity index (χ2v) is 6.76. The minimum Gasteiger partial charge on any atom is -0.506 e. The summed E-state index contributed by atoms with van der Waals surface area (Å²) in [7, 11) is -4.67. The van der Waals surface area contributed by atoms with Crippen LogP contribution in [0.2, 0.25) is 0 Å². The number of carbonyl (C=O) groups is 1. The van der Waals surface area contributed by atoms with Gasteiger partial charge >= 0.3 is 0 Å². The molecule has 0 fully saturated rings. The first-order valence-corrected chi connectivity index (χ1v) is 8.60. The zero-order valence-electron chi connectivity index (χ0n) is 12.8. The first-order chi connectivity index (χ1) is 11.8. The third kappa shape index (κ3) is 3.25. The Labute approximate surface area is 143 Å². The molecule has 5 N–H and O–H groups in total. The number of rotatable bonds is 3. The fraction of sp³-hybridized carbons (Fsp3) is 0. The maximum Gasteiger partial charge on any atom is 0.298 e. The zero-order valence-corrected chi connectivity index (χ0v) is 13.6. The van der Waals surface area contributed by atoms with Gasteiger partial charge in [-0.15, -0.1) is 0 Å². The summed E-state index contributed by atoms with van der Waals surface area (Å²) in [4.78, 5) is 11.7. The van der Waals surface area contributed by atoms with Crippen LogP contribution in [0, 0.1) is 0 Å². The fourth-order valence-corrected chi connectivity index (χ4v) is 3.08. The second-order valence-electron chi connectivity index (χ2n) is 5.37. The number of aromatic hydroxyl groups is 1. The molecular formula is C17H14N2O5S. The van der Waals surface area contributed by atoms with E-state index in [2.05, 4.69) is 5.32 Å². The van der Waals surface area contributed by atoms with E-state index in [9.17, 15) is 22.9 Å². The van der Waals surface area contributed by atoms with E-state index >= 15 is 0 Å². The number of carbonyl (C=O) groups excluding carboxylic acids is 1. The van der Waals surface area contributed by atoms with Gasteiger partial charge in [0.05, 0.1) is 5.69 Å². The SMILES string of the molecule is Nc1ccc(C(=O)Nc2cc(S(=O)(=O)O)c(O)c3ccccc23)cc1. The van der Waals surface area contributed by atoms with Crippen molar-refractivity contribution in [2.24, 2.45) is 0 Å². The lowest BCUT2D eigenvalue weighted by molar-refractivity contribution is 0.102. The van der Waals surface area contributed by atoms with Crippen LogP contribution in [0.4, 0.5) is 11.4 Å². The Morgan fingerprint density at radius 1 is 1.00 bits per heavy atom. The van der Waals surface area contributed by atoms with Crippen molar-refractivity contribution < 1.29 is 22.9 Å². The Morgan fingerprint density at radius 2 is 1.60 bits per heavy atom. The molecule has 0 heterocycles.